The molecule has 3 aromatic rings. The second-order valence-corrected chi connectivity index (χ2v) is 12.0. The summed E-state index contributed by atoms with van der Waals surface area (Å²) in [6, 6.07) is 7.08. The van der Waals surface area contributed by atoms with E-state index in [4.69, 9.17) is 10.2 Å². The number of thiophene rings is 1. The van der Waals surface area contributed by atoms with Gasteiger partial charge in [-0.15, -0.1) is 21.5 Å². The van der Waals surface area contributed by atoms with Gasteiger partial charge in [-0.1, -0.05) is 13.0 Å². The molecule has 11 heteroatoms. The first kappa shape index (κ1) is 23.7. The minimum atomic E-state index is -3.48. The maximum atomic E-state index is 12.5. The van der Waals surface area contributed by atoms with Gasteiger partial charge in [0.2, 0.25) is 21.8 Å². The predicted octanol–water partition coefficient (Wildman–Crippen LogP) is 3.31. The third-order valence-corrected chi connectivity index (χ3v) is 8.73. The lowest BCUT2D eigenvalue weighted by atomic mass is 10.2. The van der Waals surface area contributed by atoms with Crippen LogP contribution in [0.3, 0.4) is 0 Å². The Morgan fingerprint density at radius 1 is 1.27 bits per heavy atom. The van der Waals surface area contributed by atoms with Gasteiger partial charge in [0.1, 0.15) is 11.6 Å². The lowest BCUT2D eigenvalue weighted by Gasteiger charge is -2.23. The highest BCUT2D eigenvalue weighted by atomic mass is 32.2. The summed E-state index contributed by atoms with van der Waals surface area (Å²) < 4.78 is 32.1. The van der Waals surface area contributed by atoms with Crippen LogP contribution in [0.4, 0.5) is 11.6 Å². The first-order valence-electron chi connectivity index (χ1n) is 11.0. The fourth-order valence-electron chi connectivity index (χ4n) is 3.65. The molecule has 33 heavy (non-hydrogen) atoms. The summed E-state index contributed by atoms with van der Waals surface area (Å²) in [5.41, 5.74) is 6.89. The van der Waals surface area contributed by atoms with Crippen molar-refractivity contribution in [3.63, 3.8) is 0 Å². The number of hydrogen-bond donors (Lipinski definition) is 1. The maximum absolute atomic E-state index is 12.5. The van der Waals surface area contributed by atoms with Crippen molar-refractivity contribution in [3.8, 4) is 11.5 Å². The molecule has 1 saturated carbocycles. The van der Waals surface area contributed by atoms with Gasteiger partial charge in [0.25, 0.3) is 0 Å². The number of nitrogens with two attached hydrogens (primary N) is 1. The van der Waals surface area contributed by atoms with Gasteiger partial charge in [-0.05, 0) is 48.8 Å². The van der Waals surface area contributed by atoms with Crippen LogP contribution in [0.1, 0.15) is 37.1 Å². The van der Waals surface area contributed by atoms with Crippen LogP contribution in [-0.2, 0) is 16.4 Å². The van der Waals surface area contributed by atoms with Crippen molar-refractivity contribution >= 4 is 33.0 Å². The summed E-state index contributed by atoms with van der Waals surface area (Å²) in [6.07, 6.45) is 1.79. The molecule has 0 radical (unpaired) electrons. The van der Waals surface area contributed by atoms with Gasteiger partial charge in [-0.25, -0.2) is 13.4 Å². The van der Waals surface area contributed by atoms with E-state index in [0.717, 1.165) is 11.4 Å². The zero-order valence-electron chi connectivity index (χ0n) is 19.3. The number of hydrogen-bond acceptors (Lipinski definition) is 9. The number of nitrogens with zero attached hydrogens (tertiary/aromatic N) is 5. The smallest absolute Gasteiger partial charge is 0.248 e. The molecule has 1 fully saturated rings. The topological polar surface area (TPSA) is 118 Å². The van der Waals surface area contributed by atoms with Crippen LogP contribution in [0.2, 0.25) is 0 Å². The number of anilines is 2. The van der Waals surface area contributed by atoms with Gasteiger partial charge in [0.15, 0.2) is 0 Å². The van der Waals surface area contributed by atoms with Gasteiger partial charge in [0, 0.05) is 37.5 Å². The van der Waals surface area contributed by atoms with E-state index in [0.29, 0.717) is 41.3 Å². The standard InChI is InChI=1S/C22H30N6O3S2/c1-5-33(29,30)28(4)20-11-15(10-19(24-20)27(3)13-16-9-14(16)2)21-25-26-22(31-21)18(23)12-17-7-6-8-32-17/h6-8,10-11,14,16,18H,5,9,12-13,23H2,1-4H3. The molecular formula is C22H30N6O3S2. The molecule has 4 rings (SSSR count). The highest BCUT2D eigenvalue weighted by Crippen LogP contribution is 2.39. The van der Waals surface area contributed by atoms with Crippen molar-refractivity contribution in [1.82, 2.24) is 15.2 Å². The van der Waals surface area contributed by atoms with E-state index in [1.165, 1.54) is 17.8 Å². The highest BCUT2D eigenvalue weighted by molar-refractivity contribution is 7.92. The van der Waals surface area contributed by atoms with Gasteiger partial charge < -0.3 is 15.1 Å². The fraction of sp³-hybridized carbons (Fsp3) is 0.500. The molecule has 3 aromatic heterocycles. The summed E-state index contributed by atoms with van der Waals surface area (Å²) in [4.78, 5) is 7.82. The van der Waals surface area contributed by atoms with Gasteiger partial charge in [-0.2, -0.15) is 0 Å². The Kier molecular flexibility index (Phi) is 6.73. The normalized spacial score (nSPS) is 18.8. The Morgan fingerprint density at radius 2 is 2.00 bits per heavy atom. The van der Waals surface area contributed by atoms with E-state index in [9.17, 15) is 8.42 Å². The van der Waals surface area contributed by atoms with Gasteiger partial charge in [-0.3, -0.25) is 4.31 Å². The molecular weight excluding hydrogens is 460 g/mol. The Balaban J connectivity index is 1.65. The van der Waals surface area contributed by atoms with Crippen LogP contribution in [0.15, 0.2) is 34.1 Å². The van der Waals surface area contributed by atoms with E-state index < -0.39 is 16.1 Å². The van der Waals surface area contributed by atoms with E-state index in [-0.39, 0.29) is 11.6 Å². The molecule has 178 valence electrons. The molecule has 1 aliphatic rings. The molecule has 3 unspecified atom stereocenters. The Morgan fingerprint density at radius 3 is 2.64 bits per heavy atom. The molecule has 3 atom stereocenters. The lowest BCUT2D eigenvalue weighted by Crippen LogP contribution is -2.30. The monoisotopic (exact) mass is 490 g/mol. The predicted molar refractivity (Wildman–Crippen MR) is 131 cm³/mol. The molecule has 0 bridgehead atoms. The zero-order chi connectivity index (χ0) is 23.8. The molecule has 9 nitrogen and oxygen atoms in total. The minimum Gasteiger partial charge on any atom is -0.419 e. The quantitative estimate of drug-likeness (QED) is 0.460. The Hall–Kier alpha value is -2.50. The van der Waals surface area contributed by atoms with Crippen LogP contribution in [-0.4, -0.2) is 50.0 Å². The SMILES string of the molecule is CCS(=O)(=O)N(C)c1cc(-c2nnc(C(N)Cc3cccs3)o2)cc(N(C)CC2CC2C)n1. The van der Waals surface area contributed by atoms with Gasteiger partial charge in [0.05, 0.1) is 11.8 Å². The van der Waals surface area contributed by atoms with Crippen LogP contribution in [0.5, 0.6) is 0 Å². The molecule has 0 amide bonds. The van der Waals surface area contributed by atoms with E-state index in [1.807, 2.05) is 35.5 Å². The molecule has 1 aliphatic carbocycles. The van der Waals surface area contributed by atoms with E-state index in [1.54, 1.807) is 24.3 Å². The van der Waals surface area contributed by atoms with Crippen LogP contribution in [0, 0.1) is 11.8 Å². The maximum Gasteiger partial charge on any atom is 0.248 e. The Bertz CT molecular complexity index is 1190. The van der Waals surface area contributed by atoms with Crippen molar-refractivity contribution < 1.29 is 12.8 Å². The number of pyridine rings is 1. The number of rotatable bonds is 10. The Labute approximate surface area is 198 Å². The lowest BCUT2D eigenvalue weighted by molar-refractivity contribution is 0.458. The molecule has 0 aliphatic heterocycles. The van der Waals surface area contributed by atoms with E-state index >= 15 is 0 Å². The summed E-state index contributed by atoms with van der Waals surface area (Å²) in [6.45, 7) is 4.69. The third kappa shape index (κ3) is 5.36. The highest BCUT2D eigenvalue weighted by Gasteiger charge is 2.34. The average molecular weight is 491 g/mol. The van der Waals surface area contributed by atoms with Crippen molar-refractivity contribution in [2.45, 2.75) is 32.7 Å². The van der Waals surface area contributed by atoms with Crippen molar-refractivity contribution in [2.75, 3.05) is 35.6 Å². The minimum absolute atomic E-state index is 0.0253. The average Bonchev–Trinajstić information content (AvgIpc) is 3.22. The summed E-state index contributed by atoms with van der Waals surface area (Å²) in [5, 5.41) is 10.4. The third-order valence-electron chi connectivity index (χ3n) is 6.08. The molecule has 0 spiro atoms. The second-order valence-electron chi connectivity index (χ2n) is 8.63. The van der Waals surface area contributed by atoms with E-state index in [2.05, 4.69) is 22.1 Å². The number of aromatic nitrogens is 3. The van der Waals surface area contributed by atoms with Gasteiger partial charge >= 0.3 is 0 Å². The molecule has 3 heterocycles. The fourth-order valence-corrected chi connectivity index (χ4v) is 5.18. The first-order chi connectivity index (χ1) is 15.7. The van der Waals surface area contributed by atoms with Crippen LogP contribution < -0.4 is 14.9 Å². The summed E-state index contributed by atoms with van der Waals surface area (Å²) in [5.74, 6) is 2.88. The molecule has 0 saturated heterocycles. The molecule has 2 N–H and O–H groups in total. The van der Waals surface area contributed by atoms with Crippen molar-refractivity contribution in [3.05, 3.63) is 40.4 Å². The van der Waals surface area contributed by atoms with Crippen molar-refractivity contribution in [1.29, 1.82) is 0 Å². The molecule has 0 aromatic carbocycles. The summed E-state index contributed by atoms with van der Waals surface area (Å²) >= 11 is 1.63. The first-order valence-corrected chi connectivity index (χ1v) is 13.5. The largest absolute Gasteiger partial charge is 0.419 e. The van der Waals surface area contributed by atoms with Crippen molar-refractivity contribution in [2.24, 2.45) is 17.6 Å². The van der Waals surface area contributed by atoms with Crippen LogP contribution >= 0.6 is 11.3 Å². The summed E-state index contributed by atoms with van der Waals surface area (Å²) in [7, 11) is -0.0111. The number of sulfonamides is 1. The van der Waals surface area contributed by atoms with Crippen LogP contribution in [0.25, 0.3) is 11.5 Å². The zero-order valence-corrected chi connectivity index (χ0v) is 20.9. The second kappa shape index (κ2) is 9.40.